The Hall–Kier alpha value is -2.57. The molecule has 24 heavy (non-hydrogen) atoms. The van der Waals surface area contributed by atoms with Gasteiger partial charge >= 0.3 is 6.61 Å². The maximum Gasteiger partial charge on any atom is 0.387 e. The summed E-state index contributed by atoms with van der Waals surface area (Å²) < 4.78 is 34.8. The number of furan rings is 1. The van der Waals surface area contributed by atoms with Gasteiger partial charge in [0, 0.05) is 12.1 Å². The molecular weight excluding hydrogens is 316 g/mol. The van der Waals surface area contributed by atoms with Crippen molar-refractivity contribution in [3.63, 3.8) is 0 Å². The molecule has 2 rings (SSSR count). The highest BCUT2D eigenvalue weighted by molar-refractivity contribution is 5.79. The van der Waals surface area contributed by atoms with Crippen LogP contribution in [0.2, 0.25) is 0 Å². The quantitative estimate of drug-likeness (QED) is 0.600. The average Bonchev–Trinajstić information content (AvgIpc) is 3.05. The lowest BCUT2D eigenvalue weighted by Gasteiger charge is -2.12. The molecule has 7 heteroatoms. The maximum absolute atomic E-state index is 12.5. The third-order valence-corrected chi connectivity index (χ3v) is 3.19. The van der Waals surface area contributed by atoms with Crippen molar-refractivity contribution in [3.8, 4) is 5.75 Å². The molecule has 0 fully saturated rings. The van der Waals surface area contributed by atoms with Gasteiger partial charge in [-0.2, -0.15) is 8.78 Å². The number of benzene rings is 1. The van der Waals surface area contributed by atoms with Gasteiger partial charge in [-0.1, -0.05) is 17.7 Å². The van der Waals surface area contributed by atoms with Crippen LogP contribution < -0.4 is 15.4 Å². The molecule has 1 aromatic heterocycles. The van der Waals surface area contributed by atoms with Gasteiger partial charge in [0.1, 0.15) is 11.5 Å². The SMILES string of the molecule is CCNC(=NCc1cc(C)ccc1OC(F)F)NCc1ccco1. The van der Waals surface area contributed by atoms with Gasteiger partial charge in [-0.15, -0.1) is 0 Å². The Morgan fingerprint density at radius 1 is 1.29 bits per heavy atom. The Kier molecular flexibility index (Phi) is 6.60. The fourth-order valence-electron chi connectivity index (χ4n) is 2.13. The predicted molar refractivity (Wildman–Crippen MR) is 88.2 cm³/mol. The van der Waals surface area contributed by atoms with Crippen LogP contribution in [0.25, 0.3) is 0 Å². The van der Waals surface area contributed by atoms with Gasteiger partial charge in [0.25, 0.3) is 0 Å². The number of nitrogens with one attached hydrogen (secondary N) is 2. The number of rotatable bonds is 7. The molecule has 0 spiro atoms. The Bertz CT molecular complexity index is 658. The Morgan fingerprint density at radius 3 is 2.79 bits per heavy atom. The third kappa shape index (κ3) is 5.57. The number of halogens is 2. The van der Waals surface area contributed by atoms with E-state index in [2.05, 4.69) is 20.4 Å². The molecule has 0 saturated carbocycles. The summed E-state index contributed by atoms with van der Waals surface area (Å²) in [6, 6.07) is 8.71. The second-order valence-electron chi connectivity index (χ2n) is 5.12. The normalized spacial score (nSPS) is 11.6. The van der Waals surface area contributed by atoms with Gasteiger partial charge in [-0.25, -0.2) is 4.99 Å². The van der Waals surface area contributed by atoms with Crippen LogP contribution in [-0.2, 0) is 13.1 Å². The molecule has 0 aliphatic heterocycles. The van der Waals surface area contributed by atoms with E-state index < -0.39 is 6.61 Å². The number of alkyl halides is 2. The van der Waals surface area contributed by atoms with Crippen LogP contribution in [0.15, 0.2) is 46.0 Å². The summed E-state index contributed by atoms with van der Waals surface area (Å²) >= 11 is 0. The molecule has 0 radical (unpaired) electrons. The largest absolute Gasteiger partial charge is 0.467 e. The van der Waals surface area contributed by atoms with Crippen LogP contribution in [0.4, 0.5) is 8.78 Å². The first-order valence-electron chi connectivity index (χ1n) is 7.67. The molecule has 0 atom stereocenters. The molecule has 1 aromatic carbocycles. The lowest BCUT2D eigenvalue weighted by atomic mass is 10.1. The highest BCUT2D eigenvalue weighted by Gasteiger charge is 2.10. The zero-order chi connectivity index (χ0) is 17.4. The Labute approximate surface area is 139 Å². The minimum absolute atomic E-state index is 0.140. The van der Waals surface area contributed by atoms with Crippen LogP contribution in [0.1, 0.15) is 23.8 Å². The first-order chi connectivity index (χ1) is 11.6. The molecule has 5 nitrogen and oxygen atoms in total. The third-order valence-electron chi connectivity index (χ3n) is 3.19. The topological polar surface area (TPSA) is 58.8 Å². The zero-order valence-electron chi connectivity index (χ0n) is 13.7. The van der Waals surface area contributed by atoms with Gasteiger partial charge in [-0.3, -0.25) is 0 Å². The lowest BCUT2D eigenvalue weighted by Crippen LogP contribution is -2.36. The van der Waals surface area contributed by atoms with Crippen molar-refractivity contribution < 1.29 is 17.9 Å². The van der Waals surface area contributed by atoms with E-state index in [1.54, 1.807) is 18.4 Å². The molecule has 130 valence electrons. The molecule has 0 bridgehead atoms. The number of ether oxygens (including phenoxy) is 1. The van der Waals surface area contributed by atoms with Crippen LogP contribution in [0.3, 0.4) is 0 Å². The monoisotopic (exact) mass is 337 g/mol. The smallest absolute Gasteiger partial charge is 0.387 e. The van der Waals surface area contributed by atoms with Crippen molar-refractivity contribution in [1.29, 1.82) is 0 Å². The van der Waals surface area contributed by atoms with E-state index in [-0.39, 0.29) is 12.3 Å². The number of aryl methyl sites for hydroxylation is 1. The molecule has 0 unspecified atom stereocenters. The molecule has 0 saturated heterocycles. The number of hydrogen-bond acceptors (Lipinski definition) is 3. The van der Waals surface area contributed by atoms with Crippen molar-refractivity contribution in [2.24, 2.45) is 4.99 Å². The fraction of sp³-hybridized carbons (Fsp3) is 0.353. The highest BCUT2D eigenvalue weighted by Crippen LogP contribution is 2.22. The maximum atomic E-state index is 12.5. The van der Waals surface area contributed by atoms with Crippen LogP contribution in [-0.4, -0.2) is 19.1 Å². The Balaban J connectivity index is 2.08. The first-order valence-corrected chi connectivity index (χ1v) is 7.67. The summed E-state index contributed by atoms with van der Waals surface area (Å²) in [5.74, 6) is 1.48. The van der Waals surface area contributed by atoms with Crippen molar-refractivity contribution in [2.45, 2.75) is 33.5 Å². The Morgan fingerprint density at radius 2 is 2.12 bits per heavy atom. The molecule has 0 aliphatic rings. The van der Waals surface area contributed by atoms with Gasteiger partial charge in [0.05, 0.1) is 19.4 Å². The fourth-order valence-corrected chi connectivity index (χ4v) is 2.13. The molecule has 0 amide bonds. The second kappa shape index (κ2) is 8.90. The van der Waals surface area contributed by atoms with Crippen molar-refractivity contribution in [3.05, 3.63) is 53.5 Å². The van der Waals surface area contributed by atoms with Gasteiger partial charge in [0.15, 0.2) is 5.96 Å². The van der Waals surface area contributed by atoms with E-state index in [1.807, 2.05) is 26.0 Å². The summed E-state index contributed by atoms with van der Waals surface area (Å²) in [5.41, 5.74) is 1.56. The first kappa shape index (κ1) is 17.8. The number of aliphatic imine (C=N–C) groups is 1. The average molecular weight is 337 g/mol. The van der Waals surface area contributed by atoms with Gasteiger partial charge in [0.2, 0.25) is 0 Å². The summed E-state index contributed by atoms with van der Waals surface area (Å²) in [4.78, 5) is 4.42. The van der Waals surface area contributed by atoms with E-state index >= 15 is 0 Å². The minimum Gasteiger partial charge on any atom is -0.467 e. The molecule has 0 aliphatic carbocycles. The number of hydrogen-bond donors (Lipinski definition) is 2. The summed E-state index contributed by atoms with van der Waals surface area (Å²) in [6.45, 7) is 2.35. The van der Waals surface area contributed by atoms with Crippen LogP contribution in [0, 0.1) is 6.92 Å². The highest BCUT2D eigenvalue weighted by atomic mass is 19.3. The van der Waals surface area contributed by atoms with Crippen molar-refractivity contribution >= 4 is 5.96 Å². The zero-order valence-corrected chi connectivity index (χ0v) is 13.7. The molecular formula is C17H21F2N3O2. The minimum atomic E-state index is -2.86. The second-order valence-corrected chi connectivity index (χ2v) is 5.12. The van der Waals surface area contributed by atoms with Gasteiger partial charge < -0.3 is 19.8 Å². The number of nitrogens with zero attached hydrogens (tertiary/aromatic N) is 1. The lowest BCUT2D eigenvalue weighted by molar-refractivity contribution is -0.0504. The van der Waals surface area contributed by atoms with E-state index in [4.69, 9.17) is 4.42 Å². The number of guanidine groups is 1. The van der Waals surface area contributed by atoms with Crippen molar-refractivity contribution in [2.75, 3.05) is 6.54 Å². The summed E-state index contributed by atoms with van der Waals surface area (Å²) in [5, 5.41) is 6.22. The van der Waals surface area contributed by atoms with E-state index in [0.29, 0.717) is 24.6 Å². The standard InChI is InChI=1S/C17H21F2N3O2/c1-3-20-17(22-11-14-5-4-8-23-14)21-10-13-9-12(2)6-7-15(13)24-16(18)19/h4-9,16H,3,10-11H2,1-2H3,(H2,20,21,22). The molecule has 2 N–H and O–H groups in total. The van der Waals surface area contributed by atoms with Crippen molar-refractivity contribution in [1.82, 2.24) is 10.6 Å². The summed E-state index contributed by atoms with van der Waals surface area (Å²) in [6.07, 6.45) is 1.60. The summed E-state index contributed by atoms with van der Waals surface area (Å²) in [7, 11) is 0. The predicted octanol–water partition coefficient (Wildman–Crippen LogP) is 3.44. The van der Waals surface area contributed by atoms with Gasteiger partial charge in [-0.05, 0) is 32.0 Å². The molecule has 2 aromatic rings. The molecule has 1 heterocycles. The van der Waals surface area contributed by atoms with Crippen LogP contribution >= 0.6 is 0 Å². The van der Waals surface area contributed by atoms with Crippen LogP contribution in [0.5, 0.6) is 5.75 Å². The van der Waals surface area contributed by atoms with E-state index in [9.17, 15) is 8.78 Å². The van der Waals surface area contributed by atoms with E-state index in [0.717, 1.165) is 11.3 Å². The van der Waals surface area contributed by atoms with E-state index in [1.165, 1.54) is 6.07 Å².